The molecule has 2 aliphatic heterocycles. The van der Waals surface area contributed by atoms with Gasteiger partial charge in [-0.2, -0.15) is 0 Å². The third kappa shape index (κ3) is 8.52. The first-order valence-electron chi connectivity index (χ1n) is 15.1. The van der Waals surface area contributed by atoms with Crippen molar-refractivity contribution < 1.29 is 33.3 Å². The number of carbonyl (C=O) groups is 3. The molecule has 238 valence electrons. The fourth-order valence-electron chi connectivity index (χ4n) is 5.29. The Hall–Kier alpha value is -4.61. The summed E-state index contributed by atoms with van der Waals surface area (Å²) >= 11 is 0. The van der Waals surface area contributed by atoms with Gasteiger partial charge in [0, 0.05) is 50.5 Å². The summed E-state index contributed by atoms with van der Waals surface area (Å²) in [5.74, 6) is 1.05. The van der Waals surface area contributed by atoms with Gasteiger partial charge in [0.25, 0.3) is 11.8 Å². The molecule has 3 aromatic carbocycles. The number of methoxy groups -OCH3 is 1. The van der Waals surface area contributed by atoms with Crippen molar-refractivity contribution in [3.63, 3.8) is 0 Å². The first-order chi connectivity index (χ1) is 21.8. The van der Waals surface area contributed by atoms with Gasteiger partial charge in [-0.25, -0.2) is 4.79 Å². The molecule has 4 amide bonds. The zero-order valence-corrected chi connectivity index (χ0v) is 25.9. The lowest BCUT2D eigenvalue weighted by atomic mass is 9.99. The fourth-order valence-corrected chi connectivity index (χ4v) is 5.29. The minimum atomic E-state index is -0.452. The third-order valence-electron chi connectivity index (χ3n) is 7.91. The molecule has 0 saturated carbocycles. The highest BCUT2D eigenvalue weighted by Gasteiger charge is 2.34. The second-order valence-corrected chi connectivity index (χ2v) is 11.2. The average Bonchev–Trinajstić information content (AvgIpc) is 3.03. The first kappa shape index (κ1) is 31.8. The first-order valence-corrected chi connectivity index (χ1v) is 15.1. The molecule has 1 fully saturated rings. The van der Waals surface area contributed by atoms with E-state index in [0.29, 0.717) is 61.1 Å². The molecule has 1 saturated heterocycles. The zero-order chi connectivity index (χ0) is 31.8. The third-order valence-corrected chi connectivity index (χ3v) is 7.91. The Morgan fingerprint density at radius 2 is 1.80 bits per heavy atom. The molecule has 11 nitrogen and oxygen atoms in total. The van der Waals surface area contributed by atoms with Gasteiger partial charge in [-0.1, -0.05) is 18.2 Å². The van der Waals surface area contributed by atoms with Crippen LogP contribution in [0.25, 0.3) is 0 Å². The molecular formula is C34H40N4O7. The lowest BCUT2D eigenvalue weighted by molar-refractivity contribution is -0.0235. The molecule has 5 rings (SSSR count). The number of rotatable bonds is 5. The van der Waals surface area contributed by atoms with Crippen LogP contribution in [-0.2, 0) is 16.1 Å². The Morgan fingerprint density at radius 3 is 2.62 bits per heavy atom. The number of likely N-dealkylation sites (tertiary alicyclic amines) is 1. The van der Waals surface area contributed by atoms with Gasteiger partial charge >= 0.3 is 6.03 Å². The number of ether oxygens (including phenoxy) is 4. The number of amides is 4. The molecule has 2 atom stereocenters. The van der Waals surface area contributed by atoms with E-state index < -0.39 is 6.10 Å². The van der Waals surface area contributed by atoms with Gasteiger partial charge in [0.15, 0.2) is 0 Å². The van der Waals surface area contributed by atoms with Crippen LogP contribution in [0, 0.1) is 13.8 Å². The molecule has 3 N–H and O–H groups in total. The van der Waals surface area contributed by atoms with Gasteiger partial charge in [0.2, 0.25) is 0 Å². The predicted molar refractivity (Wildman–Crippen MR) is 168 cm³/mol. The standard InChI is InChI=1S/C34H40N4O7/c1-22-7-8-25(15-23(22)2)33(40)38-12-9-30-31(20-38)44-21-24-5-4-6-27(16-24)45-29-18-26(17-28(19-29)43-14-13-42-3)32(39)35-10-11-36-34(41)37-30/h4-8,15-19,30-31H,9-14,20-21H2,1-3H3,(H,35,39)(H2,36,37,41)/t30-,31-/m0/s1. The summed E-state index contributed by atoms with van der Waals surface area (Å²) in [5.41, 5.74) is 4.02. The molecule has 2 aliphatic rings. The largest absolute Gasteiger partial charge is 0.491 e. The number of aryl methyl sites for hydroxylation is 2. The monoisotopic (exact) mass is 616 g/mol. The van der Waals surface area contributed by atoms with E-state index in [1.54, 1.807) is 30.2 Å². The maximum Gasteiger partial charge on any atom is 0.315 e. The van der Waals surface area contributed by atoms with Crippen LogP contribution in [-0.4, -0.2) is 81.4 Å². The van der Waals surface area contributed by atoms with E-state index >= 15 is 0 Å². The van der Waals surface area contributed by atoms with E-state index in [2.05, 4.69) is 16.0 Å². The van der Waals surface area contributed by atoms with Gasteiger partial charge in [0.1, 0.15) is 23.9 Å². The number of urea groups is 1. The van der Waals surface area contributed by atoms with Crippen molar-refractivity contribution in [2.75, 3.05) is 46.5 Å². The maximum absolute atomic E-state index is 13.4. The average molecular weight is 617 g/mol. The van der Waals surface area contributed by atoms with Crippen molar-refractivity contribution in [1.29, 1.82) is 0 Å². The number of nitrogens with zero attached hydrogens (tertiary/aromatic N) is 1. The maximum atomic E-state index is 13.4. The number of carbonyl (C=O) groups excluding carboxylic acids is 3. The Balaban J connectivity index is 1.37. The van der Waals surface area contributed by atoms with Gasteiger partial charge in [-0.15, -0.1) is 0 Å². The zero-order valence-electron chi connectivity index (χ0n) is 25.9. The van der Waals surface area contributed by atoms with Crippen LogP contribution in [0.4, 0.5) is 4.79 Å². The molecule has 2 heterocycles. The minimum Gasteiger partial charge on any atom is -0.491 e. The highest BCUT2D eigenvalue weighted by atomic mass is 16.5. The van der Waals surface area contributed by atoms with E-state index in [4.69, 9.17) is 18.9 Å². The fraction of sp³-hybridized carbons (Fsp3) is 0.382. The summed E-state index contributed by atoms with van der Waals surface area (Å²) in [6, 6.07) is 17.5. The molecule has 0 radical (unpaired) electrons. The van der Waals surface area contributed by atoms with E-state index in [1.165, 1.54) is 0 Å². The number of hydrogen-bond acceptors (Lipinski definition) is 7. The van der Waals surface area contributed by atoms with E-state index in [1.807, 2.05) is 56.3 Å². The van der Waals surface area contributed by atoms with Crippen LogP contribution in [0.1, 0.15) is 43.8 Å². The van der Waals surface area contributed by atoms with E-state index in [9.17, 15) is 14.4 Å². The van der Waals surface area contributed by atoms with Gasteiger partial charge in [-0.3, -0.25) is 9.59 Å². The Morgan fingerprint density at radius 1 is 0.956 bits per heavy atom. The van der Waals surface area contributed by atoms with Crippen molar-refractivity contribution in [2.24, 2.45) is 0 Å². The smallest absolute Gasteiger partial charge is 0.315 e. The summed E-state index contributed by atoms with van der Waals surface area (Å²) in [6.45, 7) is 6.17. The van der Waals surface area contributed by atoms with E-state index in [-0.39, 0.29) is 43.6 Å². The van der Waals surface area contributed by atoms with Crippen molar-refractivity contribution in [3.8, 4) is 17.2 Å². The number of nitrogens with one attached hydrogen (secondary N) is 3. The molecule has 0 aromatic heterocycles. The van der Waals surface area contributed by atoms with Crippen LogP contribution >= 0.6 is 0 Å². The van der Waals surface area contributed by atoms with Crippen LogP contribution in [0.5, 0.6) is 17.2 Å². The predicted octanol–water partition coefficient (Wildman–Crippen LogP) is 3.96. The SMILES string of the molecule is COCCOc1cc2cc(c1)C(=O)NCCNC(=O)N[C@H]1CCN(C(=O)c3ccc(C)c(C)c3)C[C@@H]1OCc1cccc(c1)O2. The summed E-state index contributed by atoms with van der Waals surface area (Å²) in [7, 11) is 1.59. The molecule has 0 aliphatic carbocycles. The number of piperidine rings is 1. The summed E-state index contributed by atoms with van der Waals surface area (Å²) < 4.78 is 23.4. The van der Waals surface area contributed by atoms with Crippen LogP contribution in [0.3, 0.4) is 0 Å². The van der Waals surface area contributed by atoms with Gasteiger partial charge < -0.3 is 39.8 Å². The molecule has 11 heteroatoms. The number of fused-ring (bicyclic) bond motifs is 5. The molecule has 0 unspecified atom stereocenters. The van der Waals surface area contributed by atoms with Crippen LogP contribution in [0.15, 0.2) is 60.7 Å². The number of benzene rings is 3. The van der Waals surface area contributed by atoms with Crippen molar-refractivity contribution in [1.82, 2.24) is 20.9 Å². The summed E-state index contributed by atoms with van der Waals surface area (Å²) in [5, 5.41) is 8.65. The van der Waals surface area contributed by atoms with Crippen molar-refractivity contribution in [3.05, 3.63) is 88.5 Å². The van der Waals surface area contributed by atoms with Crippen molar-refractivity contribution in [2.45, 2.75) is 39.0 Å². The topological polar surface area (TPSA) is 127 Å². The Kier molecular flexibility index (Phi) is 10.5. The highest BCUT2D eigenvalue weighted by Crippen LogP contribution is 2.29. The van der Waals surface area contributed by atoms with E-state index in [0.717, 1.165) is 16.7 Å². The molecule has 3 aromatic rings. The van der Waals surface area contributed by atoms with Crippen molar-refractivity contribution >= 4 is 17.8 Å². The molecular weight excluding hydrogens is 576 g/mol. The summed E-state index contributed by atoms with van der Waals surface area (Å²) in [6.07, 6.45) is 0.0736. The highest BCUT2D eigenvalue weighted by molar-refractivity contribution is 5.95. The molecule has 4 bridgehead atoms. The van der Waals surface area contributed by atoms with Gasteiger partial charge in [0.05, 0.1) is 25.4 Å². The van der Waals surface area contributed by atoms with Crippen LogP contribution in [0.2, 0.25) is 0 Å². The van der Waals surface area contributed by atoms with Crippen LogP contribution < -0.4 is 25.4 Å². The summed E-state index contributed by atoms with van der Waals surface area (Å²) in [4.78, 5) is 41.1. The number of hydrogen-bond donors (Lipinski definition) is 3. The second-order valence-electron chi connectivity index (χ2n) is 11.2. The second kappa shape index (κ2) is 14.9. The molecule has 45 heavy (non-hydrogen) atoms. The normalized spacial score (nSPS) is 19.0. The quantitative estimate of drug-likeness (QED) is 0.371. The Bertz CT molecular complexity index is 1530. The lowest BCUT2D eigenvalue weighted by Gasteiger charge is -2.38. The minimum absolute atomic E-state index is 0.0667. The Labute approximate surface area is 263 Å². The lowest BCUT2D eigenvalue weighted by Crippen LogP contribution is -2.58. The van der Waals surface area contributed by atoms with Gasteiger partial charge in [-0.05, 0) is 73.4 Å². The molecule has 0 spiro atoms.